The predicted octanol–water partition coefficient (Wildman–Crippen LogP) is 1.05. The molecule has 0 saturated carbocycles. The minimum Gasteiger partial charge on any atom is -0.393 e. The lowest BCUT2D eigenvalue weighted by Gasteiger charge is -2.13. The van der Waals surface area contributed by atoms with Crippen LogP contribution in [-0.2, 0) is 14.8 Å². The Hall–Kier alpha value is -1.71. The highest BCUT2D eigenvalue weighted by Crippen LogP contribution is 2.28. The van der Waals surface area contributed by atoms with Gasteiger partial charge >= 0.3 is 0 Å². The number of benzene rings is 1. The van der Waals surface area contributed by atoms with Gasteiger partial charge < -0.3 is 10.5 Å². The van der Waals surface area contributed by atoms with Crippen LogP contribution in [0.4, 0.5) is 11.4 Å². The van der Waals surface area contributed by atoms with E-state index in [2.05, 4.69) is 4.72 Å². The molecule has 0 bridgehead atoms. The van der Waals surface area contributed by atoms with Crippen LogP contribution in [0.2, 0.25) is 0 Å². The van der Waals surface area contributed by atoms with Crippen molar-refractivity contribution in [2.75, 3.05) is 26.0 Å². The summed E-state index contributed by atoms with van der Waals surface area (Å²) < 4.78 is 31.8. The molecule has 0 aromatic heterocycles. The molecule has 0 radical (unpaired) electrons. The molecular formula is C12H19N3O5S. The van der Waals surface area contributed by atoms with E-state index in [1.165, 1.54) is 20.1 Å². The molecule has 0 saturated heterocycles. The zero-order valence-electron chi connectivity index (χ0n) is 12.1. The van der Waals surface area contributed by atoms with E-state index in [0.29, 0.717) is 12.2 Å². The number of ether oxygens (including phenoxy) is 1. The SMILES string of the molecule is COCC(C)CNS(=O)(=O)c1cc([N+](=O)[O-])c(N)cc1C. The molecule has 0 heterocycles. The summed E-state index contributed by atoms with van der Waals surface area (Å²) in [6.45, 7) is 3.94. The average molecular weight is 317 g/mol. The van der Waals surface area contributed by atoms with Gasteiger partial charge in [0.2, 0.25) is 10.0 Å². The lowest BCUT2D eigenvalue weighted by atomic mass is 10.2. The van der Waals surface area contributed by atoms with Crippen molar-refractivity contribution in [2.45, 2.75) is 18.7 Å². The molecule has 3 N–H and O–H groups in total. The molecule has 9 heteroatoms. The number of hydrogen-bond acceptors (Lipinski definition) is 6. The number of nitrogens with zero attached hydrogens (tertiary/aromatic N) is 1. The minimum absolute atomic E-state index is 0.0196. The second-order valence-electron chi connectivity index (χ2n) is 4.85. The zero-order valence-corrected chi connectivity index (χ0v) is 12.9. The average Bonchev–Trinajstić information content (AvgIpc) is 2.36. The molecule has 1 aromatic carbocycles. The van der Waals surface area contributed by atoms with E-state index < -0.39 is 20.6 Å². The van der Waals surface area contributed by atoms with Gasteiger partial charge in [0.15, 0.2) is 0 Å². The quantitative estimate of drug-likeness (QED) is 0.440. The second kappa shape index (κ2) is 6.83. The number of nitro groups is 1. The highest BCUT2D eigenvalue weighted by atomic mass is 32.2. The maximum absolute atomic E-state index is 12.2. The third-order valence-corrected chi connectivity index (χ3v) is 4.45. The first-order valence-corrected chi connectivity index (χ1v) is 7.70. The Bertz CT molecular complexity index is 630. The molecule has 0 fully saturated rings. The van der Waals surface area contributed by atoms with Crippen LogP contribution < -0.4 is 10.5 Å². The Morgan fingerprint density at radius 3 is 2.62 bits per heavy atom. The van der Waals surface area contributed by atoms with E-state index in [4.69, 9.17) is 10.5 Å². The smallest absolute Gasteiger partial charge is 0.293 e. The maximum atomic E-state index is 12.2. The number of hydrogen-bond donors (Lipinski definition) is 2. The number of aryl methyl sites for hydroxylation is 1. The first-order valence-electron chi connectivity index (χ1n) is 6.22. The highest BCUT2D eigenvalue weighted by Gasteiger charge is 2.23. The standard InChI is InChI=1S/C12H19N3O5S/c1-8(7-20-3)6-14-21(18,19)12-5-11(15(16)17)10(13)4-9(12)2/h4-5,8,14H,6-7,13H2,1-3H3. The van der Waals surface area contributed by atoms with Crippen molar-refractivity contribution < 1.29 is 18.1 Å². The molecule has 21 heavy (non-hydrogen) atoms. The number of nitrogens with two attached hydrogens (primary N) is 1. The Morgan fingerprint density at radius 2 is 2.10 bits per heavy atom. The summed E-state index contributed by atoms with van der Waals surface area (Å²) in [6.07, 6.45) is 0. The number of anilines is 1. The van der Waals surface area contributed by atoms with Crippen molar-refractivity contribution >= 4 is 21.4 Å². The van der Waals surface area contributed by atoms with Gasteiger partial charge in [-0.05, 0) is 24.5 Å². The normalized spacial score (nSPS) is 13.1. The Balaban J connectivity index is 3.08. The Morgan fingerprint density at radius 1 is 1.48 bits per heavy atom. The molecule has 0 spiro atoms. The summed E-state index contributed by atoms with van der Waals surface area (Å²) in [7, 11) is -2.32. The highest BCUT2D eigenvalue weighted by molar-refractivity contribution is 7.89. The van der Waals surface area contributed by atoms with Crippen molar-refractivity contribution in [3.8, 4) is 0 Å². The van der Waals surface area contributed by atoms with E-state index in [1.807, 2.05) is 6.92 Å². The van der Waals surface area contributed by atoms with Gasteiger partial charge in [0, 0.05) is 26.3 Å². The molecule has 118 valence electrons. The number of nitrogens with one attached hydrogen (secondary N) is 1. The van der Waals surface area contributed by atoms with Gasteiger partial charge in [0.05, 0.1) is 9.82 Å². The number of nitrogen functional groups attached to an aromatic ring is 1. The lowest BCUT2D eigenvalue weighted by molar-refractivity contribution is -0.384. The molecule has 0 amide bonds. The zero-order chi connectivity index (χ0) is 16.2. The van der Waals surface area contributed by atoms with E-state index in [1.54, 1.807) is 0 Å². The molecule has 1 unspecified atom stereocenters. The van der Waals surface area contributed by atoms with Crippen LogP contribution in [-0.4, -0.2) is 33.6 Å². The summed E-state index contributed by atoms with van der Waals surface area (Å²) in [5.74, 6) is -0.0196. The van der Waals surface area contributed by atoms with Crippen LogP contribution in [0, 0.1) is 23.0 Å². The van der Waals surface area contributed by atoms with Gasteiger partial charge in [-0.25, -0.2) is 13.1 Å². The van der Waals surface area contributed by atoms with Crippen LogP contribution in [0.5, 0.6) is 0 Å². The largest absolute Gasteiger partial charge is 0.393 e. The number of sulfonamides is 1. The van der Waals surface area contributed by atoms with Crippen molar-refractivity contribution in [3.05, 3.63) is 27.8 Å². The first-order chi connectivity index (χ1) is 9.69. The molecule has 0 aliphatic heterocycles. The van der Waals surface area contributed by atoms with Gasteiger partial charge in [0.25, 0.3) is 5.69 Å². The van der Waals surface area contributed by atoms with Gasteiger partial charge in [-0.2, -0.15) is 0 Å². The van der Waals surface area contributed by atoms with Crippen LogP contribution in [0.25, 0.3) is 0 Å². The van der Waals surface area contributed by atoms with Crippen LogP contribution in [0.3, 0.4) is 0 Å². The molecule has 1 rings (SSSR count). The molecule has 0 aliphatic rings. The number of rotatable bonds is 7. The van der Waals surface area contributed by atoms with Crippen LogP contribution in [0.1, 0.15) is 12.5 Å². The van der Waals surface area contributed by atoms with E-state index in [0.717, 1.165) is 6.07 Å². The van der Waals surface area contributed by atoms with Crippen LogP contribution in [0.15, 0.2) is 17.0 Å². The fourth-order valence-corrected chi connectivity index (χ4v) is 3.23. The summed E-state index contributed by atoms with van der Waals surface area (Å²) in [5, 5.41) is 10.9. The van der Waals surface area contributed by atoms with E-state index in [-0.39, 0.29) is 23.0 Å². The van der Waals surface area contributed by atoms with Crippen molar-refractivity contribution in [2.24, 2.45) is 5.92 Å². The molecule has 0 aliphatic carbocycles. The van der Waals surface area contributed by atoms with Crippen molar-refractivity contribution in [3.63, 3.8) is 0 Å². The minimum atomic E-state index is -3.84. The summed E-state index contributed by atoms with van der Waals surface area (Å²) >= 11 is 0. The van der Waals surface area contributed by atoms with Gasteiger partial charge in [-0.15, -0.1) is 0 Å². The van der Waals surface area contributed by atoms with Crippen molar-refractivity contribution in [1.82, 2.24) is 4.72 Å². The van der Waals surface area contributed by atoms with Crippen LogP contribution >= 0.6 is 0 Å². The fourth-order valence-electron chi connectivity index (χ4n) is 1.82. The first kappa shape index (κ1) is 17.3. The van der Waals surface area contributed by atoms with Crippen molar-refractivity contribution in [1.29, 1.82) is 0 Å². The second-order valence-corrected chi connectivity index (χ2v) is 6.58. The molecular weight excluding hydrogens is 298 g/mol. The molecule has 1 aromatic rings. The third kappa shape index (κ3) is 4.38. The number of nitro benzene ring substituents is 1. The summed E-state index contributed by atoms with van der Waals surface area (Å²) in [5.41, 5.74) is 5.38. The molecule has 8 nitrogen and oxygen atoms in total. The van der Waals surface area contributed by atoms with Gasteiger partial charge in [-0.3, -0.25) is 10.1 Å². The Labute approximate surface area is 123 Å². The summed E-state index contributed by atoms with van der Waals surface area (Å²) in [4.78, 5) is 10.0. The molecule has 1 atom stereocenters. The number of methoxy groups -OCH3 is 1. The maximum Gasteiger partial charge on any atom is 0.293 e. The van der Waals surface area contributed by atoms with Gasteiger partial charge in [0.1, 0.15) is 5.69 Å². The Kier molecular flexibility index (Phi) is 5.64. The van der Waals surface area contributed by atoms with E-state index >= 15 is 0 Å². The van der Waals surface area contributed by atoms with Gasteiger partial charge in [-0.1, -0.05) is 6.92 Å². The van der Waals surface area contributed by atoms with E-state index in [9.17, 15) is 18.5 Å². The monoisotopic (exact) mass is 317 g/mol. The third-order valence-electron chi connectivity index (χ3n) is 2.88. The topological polar surface area (TPSA) is 125 Å². The predicted molar refractivity (Wildman–Crippen MR) is 78.5 cm³/mol. The lowest BCUT2D eigenvalue weighted by Crippen LogP contribution is -2.30. The summed E-state index contributed by atoms with van der Waals surface area (Å²) in [6, 6.07) is 2.26. The fraction of sp³-hybridized carbons (Fsp3) is 0.500.